The fourth-order valence-electron chi connectivity index (χ4n) is 7.17. The second kappa shape index (κ2) is 8.91. The summed E-state index contributed by atoms with van der Waals surface area (Å²) in [5.74, 6) is 0. The van der Waals surface area contributed by atoms with Crippen molar-refractivity contribution in [1.29, 1.82) is 0 Å². The maximum atomic E-state index is 4.27. The van der Waals surface area contributed by atoms with Crippen molar-refractivity contribution in [3.05, 3.63) is 187 Å². The Morgan fingerprint density at radius 1 is 0.439 bits per heavy atom. The number of benzene rings is 6. The molecule has 41 heavy (non-hydrogen) atoms. The highest BCUT2D eigenvalue weighted by molar-refractivity contribution is 5.96. The molecule has 0 saturated carbocycles. The van der Waals surface area contributed by atoms with Gasteiger partial charge in [0.25, 0.3) is 0 Å². The van der Waals surface area contributed by atoms with E-state index in [0.29, 0.717) is 0 Å². The van der Waals surface area contributed by atoms with E-state index < -0.39 is 0 Å². The number of allylic oxidation sites excluding steroid dienone is 2. The van der Waals surface area contributed by atoms with Gasteiger partial charge in [0.05, 0.1) is 5.41 Å². The van der Waals surface area contributed by atoms with Gasteiger partial charge in [0.15, 0.2) is 0 Å². The normalized spacial score (nSPS) is 13.3. The molecule has 0 aromatic heterocycles. The second-order valence-electron chi connectivity index (χ2n) is 11.0. The number of hydrogen-bond donors (Lipinski definition) is 0. The van der Waals surface area contributed by atoms with Crippen LogP contribution in [-0.4, -0.2) is 0 Å². The Bertz CT molecular complexity index is 1980. The molecule has 0 heteroatoms. The van der Waals surface area contributed by atoms with Gasteiger partial charge in [-0.2, -0.15) is 0 Å². The predicted octanol–water partition coefficient (Wildman–Crippen LogP) is 10.6. The van der Waals surface area contributed by atoms with Crippen LogP contribution in [0.25, 0.3) is 50.1 Å². The molecule has 192 valence electrons. The van der Waals surface area contributed by atoms with E-state index in [2.05, 4.69) is 153 Å². The molecular weight excluding hydrogens is 492 g/mol. The molecule has 0 nitrogen and oxygen atoms in total. The SMILES string of the molecule is C=CC(=C)c1cc(-c2ccccc2)cc(-c2ccc3c(c2)-c2ccccc2C32c3ccccc3-c3ccccc32)c1. The van der Waals surface area contributed by atoms with E-state index in [-0.39, 0.29) is 5.41 Å². The molecule has 0 aliphatic heterocycles. The van der Waals surface area contributed by atoms with Crippen LogP contribution in [0.15, 0.2) is 159 Å². The molecule has 0 bridgehead atoms. The molecule has 6 aromatic rings. The first-order chi connectivity index (χ1) is 20.2. The lowest BCUT2D eigenvalue weighted by Gasteiger charge is -2.30. The first kappa shape index (κ1) is 23.7. The summed E-state index contributed by atoms with van der Waals surface area (Å²) in [6, 6.07) is 51.3. The average Bonchev–Trinajstić information content (AvgIpc) is 3.51. The summed E-state index contributed by atoms with van der Waals surface area (Å²) in [7, 11) is 0. The molecule has 0 fully saturated rings. The van der Waals surface area contributed by atoms with Crippen LogP contribution >= 0.6 is 0 Å². The van der Waals surface area contributed by atoms with Gasteiger partial charge in [-0.15, -0.1) is 0 Å². The van der Waals surface area contributed by atoms with Gasteiger partial charge in [0.2, 0.25) is 0 Å². The Morgan fingerprint density at radius 3 is 1.51 bits per heavy atom. The molecular formula is C41H28. The molecule has 0 radical (unpaired) electrons. The summed E-state index contributed by atoms with van der Waals surface area (Å²) in [5, 5.41) is 0. The zero-order valence-electron chi connectivity index (χ0n) is 22.8. The largest absolute Gasteiger partial charge is 0.0985 e. The van der Waals surface area contributed by atoms with E-state index in [1.54, 1.807) is 0 Å². The molecule has 8 rings (SSSR count). The average molecular weight is 521 g/mol. The first-order valence-corrected chi connectivity index (χ1v) is 14.2. The Hall–Kier alpha value is -5.20. The van der Waals surface area contributed by atoms with Crippen molar-refractivity contribution in [3.63, 3.8) is 0 Å². The van der Waals surface area contributed by atoms with Crippen molar-refractivity contribution < 1.29 is 0 Å². The Balaban J connectivity index is 1.39. The van der Waals surface area contributed by atoms with Gasteiger partial charge in [0, 0.05) is 0 Å². The summed E-state index contributed by atoms with van der Waals surface area (Å²) < 4.78 is 0. The molecule has 2 aliphatic rings. The third-order valence-corrected chi connectivity index (χ3v) is 8.99. The highest BCUT2D eigenvalue weighted by atomic mass is 14.5. The molecule has 6 aromatic carbocycles. The highest BCUT2D eigenvalue weighted by Gasteiger charge is 2.51. The van der Waals surface area contributed by atoms with E-state index in [1.807, 2.05) is 6.08 Å². The summed E-state index contributed by atoms with van der Waals surface area (Å²) in [6.07, 6.45) is 1.84. The van der Waals surface area contributed by atoms with Crippen molar-refractivity contribution in [2.24, 2.45) is 0 Å². The lowest BCUT2D eigenvalue weighted by atomic mass is 9.70. The van der Waals surface area contributed by atoms with Crippen molar-refractivity contribution in [2.45, 2.75) is 5.41 Å². The van der Waals surface area contributed by atoms with Gasteiger partial charge in [-0.3, -0.25) is 0 Å². The van der Waals surface area contributed by atoms with E-state index in [0.717, 1.165) is 11.1 Å². The lowest BCUT2D eigenvalue weighted by molar-refractivity contribution is 0.794. The third kappa shape index (κ3) is 3.28. The van der Waals surface area contributed by atoms with Crippen molar-refractivity contribution in [1.82, 2.24) is 0 Å². The van der Waals surface area contributed by atoms with E-state index in [1.165, 1.54) is 66.8 Å². The van der Waals surface area contributed by atoms with Crippen LogP contribution in [-0.2, 0) is 5.41 Å². The van der Waals surface area contributed by atoms with Crippen LogP contribution in [0.1, 0.15) is 27.8 Å². The van der Waals surface area contributed by atoms with Crippen LogP contribution in [0.2, 0.25) is 0 Å². The van der Waals surface area contributed by atoms with Crippen LogP contribution in [0.4, 0.5) is 0 Å². The highest BCUT2D eigenvalue weighted by Crippen LogP contribution is 2.62. The fourth-order valence-corrected chi connectivity index (χ4v) is 7.17. The molecule has 0 atom stereocenters. The molecule has 0 heterocycles. The standard InChI is InChI=1S/C41H28/c1-3-27(2)30-23-31(28-13-5-4-6-14-28)25-32(24-30)29-21-22-40-36(26-29)35-17-9-12-20-39(35)41(40)37-18-10-7-15-33(37)34-16-8-11-19-38(34)41/h3-26H,1-2H2. The fraction of sp³-hybridized carbons (Fsp3) is 0.0244. The van der Waals surface area contributed by atoms with Gasteiger partial charge in [-0.05, 0) is 102 Å². The van der Waals surface area contributed by atoms with Crippen LogP contribution in [0.3, 0.4) is 0 Å². The van der Waals surface area contributed by atoms with E-state index in [4.69, 9.17) is 0 Å². The molecule has 2 aliphatic carbocycles. The quantitative estimate of drug-likeness (QED) is 0.202. The van der Waals surface area contributed by atoms with Gasteiger partial charge in [-0.1, -0.05) is 134 Å². The van der Waals surface area contributed by atoms with Gasteiger partial charge in [0.1, 0.15) is 0 Å². The topological polar surface area (TPSA) is 0 Å². The molecule has 1 spiro atoms. The van der Waals surface area contributed by atoms with Crippen LogP contribution < -0.4 is 0 Å². The summed E-state index contributed by atoms with van der Waals surface area (Å²) in [4.78, 5) is 0. The monoisotopic (exact) mass is 520 g/mol. The predicted molar refractivity (Wildman–Crippen MR) is 173 cm³/mol. The summed E-state index contributed by atoms with van der Waals surface area (Å²) in [5.41, 5.74) is 17.2. The number of fused-ring (bicyclic) bond motifs is 10. The number of rotatable bonds is 4. The minimum atomic E-state index is -0.314. The Labute approximate surface area is 241 Å². The minimum Gasteiger partial charge on any atom is -0.0985 e. The molecule has 0 saturated heterocycles. The minimum absolute atomic E-state index is 0.314. The Kier molecular flexibility index (Phi) is 5.14. The Morgan fingerprint density at radius 2 is 0.927 bits per heavy atom. The zero-order chi connectivity index (χ0) is 27.6. The smallest absolute Gasteiger partial charge is 0.0725 e. The summed E-state index contributed by atoms with van der Waals surface area (Å²) >= 11 is 0. The van der Waals surface area contributed by atoms with Crippen LogP contribution in [0.5, 0.6) is 0 Å². The molecule has 0 amide bonds. The van der Waals surface area contributed by atoms with Gasteiger partial charge in [-0.25, -0.2) is 0 Å². The van der Waals surface area contributed by atoms with E-state index >= 15 is 0 Å². The van der Waals surface area contributed by atoms with Gasteiger partial charge >= 0.3 is 0 Å². The number of hydrogen-bond acceptors (Lipinski definition) is 0. The molecule has 0 unspecified atom stereocenters. The maximum absolute atomic E-state index is 4.27. The molecule has 0 N–H and O–H groups in total. The van der Waals surface area contributed by atoms with Crippen molar-refractivity contribution >= 4 is 5.57 Å². The van der Waals surface area contributed by atoms with E-state index in [9.17, 15) is 0 Å². The zero-order valence-corrected chi connectivity index (χ0v) is 22.8. The first-order valence-electron chi connectivity index (χ1n) is 14.2. The maximum Gasteiger partial charge on any atom is 0.0725 e. The van der Waals surface area contributed by atoms with Crippen molar-refractivity contribution in [2.75, 3.05) is 0 Å². The van der Waals surface area contributed by atoms with Crippen molar-refractivity contribution in [3.8, 4) is 44.5 Å². The van der Waals surface area contributed by atoms with Crippen LogP contribution in [0, 0.1) is 0 Å². The summed E-state index contributed by atoms with van der Waals surface area (Å²) in [6.45, 7) is 8.27. The second-order valence-corrected chi connectivity index (χ2v) is 11.0. The third-order valence-electron chi connectivity index (χ3n) is 8.99. The van der Waals surface area contributed by atoms with Gasteiger partial charge < -0.3 is 0 Å². The lowest BCUT2D eigenvalue weighted by Crippen LogP contribution is -2.25.